The highest BCUT2D eigenvalue weighted by Gasteiger charge is 2.30. The first-order valence-corrected chi connectivity index (χ1v) is 13.2. The van der Waals surface area contributed by atoms with E-state index in [9.17, 15) is 9.90 Å². The van der Waals surface area contributed by atoms with E-state index >= 15 is 4.39 Å². The van der Waals surface area contributed by atoms with Crippen LogP contribution in [0.15, 0.2) is 30.5 Å². The van der Waals surface area contributed by atoms with Crippen molar-refractivity contribution >= 4 is 28.6 Å². The molecule has 2 unspecified atom stereocenters. The number of halogens is 1. The molecule has 4 rings (SSSR count). The van der Waals surface area contributed by atoms with Crippen molar-refractivity contribution in [1.29, 1.82) is 0 Å². The Balaban J connectivity index is 1.37. The van der Waals surface area contributed by atoms with Crippen LogP contribution in [0.2, 0.25) is 0 Å². The first-order valence-electron chi connectivity index (χ1n) is 12.2. The minimum absolute atomic E-state index is 0.194. The van der Waals surface area contributed by atoms with Gasteiger partial charge in [0.05, 0.1) is 12.6 Å². The fourth-order valence-corrected chi connectivity index (χ4v) is 6.19. The number of carboxylic acids is 1. The summed E-state index contributed by atoms with van der Waals surface area (Å²) in [4.78, 5) is 18.1. The van der Waals surface area contributed by atoms with E-state index in [0.717, 1.165) is 54.4 Å². The van der Waals surface area contributed by atoms with E-state index < -0.39 is 12.1 Å². The molecule has 1 aromatic heterocycles. The maximum atomic E-state index is 15.4. The second-order valence-electron chi connectivity index (χ2n) is 9.44. The molecule has 180 valence electrons. The average molecular weight is 475 g/mol. The number of pyridine rings is 1. The minimum atomic E-state index is -1.07. The molecule has 1 aromatic carbocycles. The molecule has 2 heterocycles. The Kier molecular flexibility index (Phi) is 8.47. The van der Waals surface area contributed by atoms with Crippen LogP contribution >= 0.6 is 11.8 Å². The van der Waals surface area contributed by atoms with Crippen LogP contribution in [-0.2, 0) is 4.79 Å². The minimum Gasteiger partial charge on any atom is -0.497 e. The van der Waals surface area contributed by atoms with Crippen LogP contribution in [-0.4, -0.2) is 58.7 Å². The summed E-state index contributed by atoms with van der Waals surface area (Å²) in [5.74, 6) is 1.81. The number of carboxylic acid groups (broad SMARTS) is 1. The number of rotatable bonds is 12. The summed E-state index contributed by atoms with van der Waals surface area (Å²) in [6.45, 7) is 3.05. The molecular weight excluding hydrogens is 439 g/mol. The van der Waals surface area contributed by atoms with Gasteiger partial charge in [0.15, 0.2) is 0 Å². The van der Waals surface area contributed by atoms with Gasteiger partial charge in [-0.3, -0.25) is 9.78 Å². The smallest absolute Gasteiger partial charge is 0.303 e. The Morgan fingerprint density at radius 1 is 1.27 bits per heavy atom. The van der Waals surface area contributed by atoms with E-state index in [1.807, 2.05) is 18.2 Å². The van der Waals surface area contributed by atoms with Crippen molar-refractivity contribution in [2.24, 2.45) is 11.8 Å². The lowest BCUT2D eigenvalue weighted by Gasteiger charge is -2.39. The average Bonchev–Trinajstić information content (AvgIpc) is 3.65. The zero-order chi connectivity index (χ0) is 23.2. The van der Waals surface area contributed by atoms with Crippen LogP contribution in [0, 0.1) is 11.8 Å². The second kappa shape index (κ2) is 11.5. The van der Waals surface area contributed by atoms with Crippen molar-refractivity contribution in [3.05, 3.63) is 36.0 Å². The van der Waals surface area contributed by atoms with Crippen LogP contribution in [0.4, 0.5) is 4.39 Å². The maximum Gasteiger partial charge on any atom is 0.303 e. The van der Waals surface area contributed by atoms with Gasteiger partial charge in [-0.1, -0.05) is 0 Å². The number of fused-ring (bicyclic) bond motifs is 1. The van der Waals surface area contributed by atoms with Crippen LogP contribution in [0.25, 0.3) is 10.9 Å². The zero-order valence-electron chi connectivity index (χ0n) is 19.4. The predicted molar refractivity (Wildman–Crippen MR) is 132 cm³/mol. The van der Waals surface area contributed by atoms with Gasteiger partial charge < -0.3 is 14.7 Å². The number of carbonyl (C=O) groups is 1. The summed E-state index contributed by atoms with van der Waals surface area (Å²) in [5, 5.41) is 10.9. The third-order valence-electron chi connectivity index (χ3n) is 7.10. The molecular formula is C26H35FN2O3S. The van der Waals surface area contributed by atoms with Gasteiger partial charge >= 0.3 is 5.97 Å². The molecule has 1 aliphatic heterocycles. The van der Waals surface area contributed by atoms with E-state index in [2.05, 4.69) is 21.6 Å². The van der Waals surface area contributed by atoms with Crippen LogP contribution in [0.1, 0.15) is 56.7 Å². The lowest BCUT2D eigenvalue weighted by Crippen LogP contribution is -2.41. The lowest BCUT2D eigenvalue weighted by molar-refractivity contribution is -0.137. The number of piperidine rings is 1. The summed E-state index contributed by atoms with van der Waals surface area (Å²) in [6.07, 6.45) is 6.44. The highest BCUT2D eigenvalue weighted by molar-refractivity contribution is 8.00. The molecule has 0 spiro atoms. The molecule has 2 fully saturated rings. The van der Waals surface area contributed by atoms with E-state index in [0.29, 0.717) is 36.0 Å². The van der Waals surface area contributed by atoms with Gasteiger partial charge in [-0.15, -0.1) is 0 Å². The molecule has 1 saturated heterocycles. The topological polar surface area (TPSA) is 62.7 Å². The Bertz CT molecular complexity index is 939. The molecule has 2 aromatic rings. The number of thioether (sulfide) groups is 1. The number of likely N-dealkylation sites (tertiary alicyclic amines) is 1. The number of aromatic nitrogens is 1. The highest BCUT2D eigenvalue weighted by Crippen LogP contribution is 2.37. The number of nitrogens with zero attached hydrogens (tertiary/aromatic N) is 2. The first-order chi connectivity index (χ1) is 16.0. The van der Waals surface area contributed by atoms with Gasteiger partial charge in [0.25, 0.3) is 0 Å². The lowest BCUT2D eigenvalue weighted by atomic mass is 9.79. The molecule has 1 N–H and O–H groups in total. The van der Waals surface area contributed by atoms with Gasteiger partial charge in [0.2, 0.25) is 0 Å². The molecule has 3 atom stereocenters. The number of alkyl halides is 1. The molecule has 0 bridgehead atoms. The number of ether oxygens (including phenoxy) is 1. The quantitative estimate of drug-likeness (QED) is 0.424. The Hall–Kier alpha value is -1.86. The third kappa shape index (κ3) is 6.82. The Morgan fingerprint density at radius 3 is 2.88 bits per heavy atom. The number of hydrogen-bond donors (Lipinski definition) is 1. The fraction of sp³-hybridized carbons (Fsp3) is 0.615. The molecule has 33 heavy (non-hydrogen) atoms. The van der Waals surface area contributed by atoms with Crippen molar-refractivity contribution in [3.63, 3.8) is 0 Å². The van der Waals surface area contributed by atoms with Crippen molar-refractivity contribution in [2.45, 2.75) is 56.4 Å². The SMILES string of the molecule is COc1ccc2nccc([C@@H](F)CCC3CCN(CCSC4CC4)CC3CCC(=O)O)c2c1. The van der Waals surface area contributed by atoms with Crippen LogP contribution < -0.4 is 4.74 Å². The molecule has 1 aliphatic carbocycles. The number of methoxy groups -OCH3 is 1. The Morgan fingerprint density at radius 2 is 2.12 bits per heavy atom. The van der Waals surface area contributed by atoms with Crippen molar-refractivity contribution < 1.29 is 19.0 Å². The number of aliphatic carboxylic acids is 1. The largest absolute Gasteiger partial charge is 0.497 e. The molecule has 0 radical (unpaired) electrons. The third-order valence-corrected chi connectivity index (χ3v) is 8.46. The van der Waals surface area contributed by atoms with Gasteiger partial charge in [0, 0.05) is 42.1 Å². The summed E-state index contributed by atoms with van der Waals surface area (Å²) < 4.78 is 20.8. The molecule has 7 heteroatoms. The maximum absolute atomic E-state index is 15.4. The van der Waals surface area contributed by atoms with Crippen molar-refractivity contribution in [2.75, 3.05) is 32.5 Å². The van der Waals surface area contributed by atoms with E-state index in [1.165, 1.54) is 12.8 Å². The van der Waals surface area contributed by atoms with Crippen molar-refractivity contribution in [1.82, 2.24) is 9.88 Å². The molecule has 1 saturated carbocycles. The standard InChI is InChI=1S/C26H35FN2O3S/c1-32-20-4-8-25-23(16-20)22(10-12-28-25)24(27)7-2-18-11-13-29(14-15-33-21-5-6-21)17-19(18)3-9-26(30)31/h4,8,10,12,16,18-19,21,24H,2-3,5-7,9,11,13-15,17H2,1H3,(H,30,31)/t18?,19?,24-/m0/s1. The van der Waals surface area contributed by atoms with Crippen LogP contribution in [0.3, 0.4) is 0 Å². The summed E-state index contributed by atoms with van der Waals surface area (Å²) >= 11 is 2.07. The fourth-order valence-electron chi connectivity index (χ4n) is 5.02. The Labute approximate surface area is 200 Å². The van der Waals surface area contributed by atoms with Gasteiger partial charge in [-0.25, -0.2) is 4.39 Å². The van der Waals surface area contributed by atoms with Crippen molar-refractivity contribution in [3.8, 4) is 5.75 Å². The number of benzene rings is 1. The van der Waals surface area contributed by atoms with E-state index in [1.54, 1.807) is 19.4 Å². The highest BCUT2D eigenvalue weighted by atomic mass is 32.2. The van der Waals surface area contributed by atoms with E-state index in [-0.39, 0.29) is 6.42 Å². The van der Waals surface area contributed by atoms with Gasteiger partial charge in [-0.2, -0.15) is 11.8 Å². The first kappa shape index (κ1) is 24.3. The van der Waals surface area contributed by atoms with Gasteiger partial charge in [-0.05, 0) is 86.7 Å². The monoisotopic (exact) mass is 474 g/mol. The van der Waals surface area contributed by atoms with Gasteiger partial charge in [0.1, 0.15) is 11.9 Å². The summed E-state index contributed by atoms with van der Waals surface area (Å²) in [5.41, 5.74) is 1.43. The normalized spacial score (nSPS) is 22.4. The summed E-state index contributed by atoms with van der Waals surface area (Å²) in [6, 6.07) is 7.34. The molecule has 2 aliphatic rings. The second-order valence-corrected chi connectivity index (χ2v) is 10.8. The van der Waals surface area contributed by atoms with Crippen LogP contribution in [0.5, 0.6) is 5.75 Å². The molecule has 0 amide bonds. The number of hydrogen-bond acceptors (Lipinski definition) is 5. The summed E-state index contributed by atoms with van der Waals surface area (Å²) in [7, 11) is 1.61. The zero-order valence-corrected chi connectivity index (χ0v) is 20.2. The predicted octanol–water partition coefficient (Wildman–Crippen LogP) is 5.73. The van der Waals surface area contributed by atoms with E-state index in [4.69, 9.17) is 4.74 Å². The molecule has 5 nitrogen and oxygen atoms in total.